The van der Waals surface area contributed by atoms with Crippen molar-refractivity contribution < 1.29 is 33.0 Å². The van der Waals surface area contributed by atoms with E-state index in [0.717, 1.165) is 0 Å². The number of rotatable bonds is 9. The number of furan rings is 1. The minimum Gasteiger partial charge on any atom is -0.490 e. The molecule has 0 bridgehead atoms. The molecular formula is C31H28N2O8S. The Kier molecular flexibility index (Phi) is 8.39. The first-order valence-electron chi connectivity index (χ1n) is 13.2. The van der Waals surface area contributed by atoms with Crippen LogP contribution in [0.3, 0.4) is 0 Å². The summed E-state index contributed by atoms with van der Waals surface area (Å²) in [5.41, 5.74) is 1.56. The molecule has 0 saturated heterocycles. The van der Waals surface area contributed by atoms with Crippen LogP contribution in [0.25, 0.3) is 17.4 Å². The predicted octanol–water partition coefficient (Wildman–Crippen LogP) is 3.86. The Morgan fingerprint density at radius 2 is 1.74 bits per heavy atom. The third kappa shape index (κ3) is 5.51. The summed E-state index contributed by atoms with van der Waals surface area (Å²) in [6, 6.07) is 14.9. The molecule has 0 fully saturated rings. The maximum absolute atomic E-state index is 13.8. The van der Waals surface area contributed by atoms with Crippen molar-refractivity contribution in [2.45, 2.75) is 19.9 Å². The summed E-state index contributed by atoms with van der Waals surface area (Å²) >= 11 is 1.17. The van der Waals surface area contributed by atoms with Crippen molar-refractivity contribution in [3.63, 3.8) is 0 Å². The largest absolute Gasteiger partial charge is 0.490 e. The maximum Gasteiger partial charge on any atom is 0.337 e. The summed E-state index contributed by atoms with van der Waals surface area (Å²) in [6.45, 7) is 4.60. The predicted molar refractivity (Wildman–Crippen MR) is 155 cm³/mol. The lowest BCUT2D eigenvalue weighted by atomic mass is 9.97. The first-order valence-corrected chi connectivity index (χ1v) is 14.0. The van der Waals surface area contributed by atoms with Gasteiger partial charge in [0.05, 0.1) is 49.1 Å². The molecule has 5 rings (SSSR count). The minimum atomic E-state index is -0.807. The lowest BCUT2D eigenvalue weighted by molar-refractivity contribution is -0.136. The fourth-order valence-electron chi connectivity index (χ4n) is 4.62. The molecule has 1 aliphatic heterocycles. The van der Waals surface area contributed by atoms with Gasteiger partial charge in [-0.15, -0.1) is 0 Å². The van der Waals surface area contributed by atoms with Crippen molar-refractivity contribution in [3.8, 4) is 22.8 Å². The first kappa shape index (κ1) is 28.6. The molecular weight excluding hydrogens is 560 g/mol. The molecule has 0 amide bonds. The summed E-state index contributed by atoms with van der Waals surface area (Å²) in [6.07, 6.45) is 3.06. The van der Waals surface area contributed by atoms with E-state index < -0.39 is 18.0 Å². The van der Waals surface area contributed by atoms with E-state index in [-0.39, 0.29) is 11.1 Å². The molecule has 2 aromatic carbocycles. The Bertz CT molecular complexity index is 1860. The molecule has 0 aliphatic carbocycles. The number of thiazole rings is 1. The van der Waals surface area contributed by atoms with Gasteiger partial charge in [-0.05, 0) is 55.8 Å². The average molecular weight is 589 g/mol. The number of methoxy groups -OCH3 is 2. The van der Waals surface area contributed by atoms with Crippen LogP contribution in [0.15, 0.2) is 80.6 Å². The van der Waals surface area contributed by atoms with Crippen LogP contribution in [0.2, 0.25) is 0 Å². The molecule has 1 aliphatic rings. The van der Waals surface area contributed by atoms with Crippen LogP contribution in [0.1, 0.15) is 41.6 Å². The third-order valence-electron chi connectivity index (χ3n) is 6.48. The fourth-order valence-corrected chi connectivity index (χ4v) is 5.57. The summed E-state index contributed by atoms with van der Waals surface area (Å²) in [5.74, 6) is 0.955. The van der Waals surface area contributed by atoms with Crippen molar-refractivity contribution >= 4 is 29.4 Å². The number of carbonyl (C=O) groups is 2. The lowest BCUT2D eigenvalue weighted by Gasteiger charge is -2.23. The third-order valence-corrected chi connectivity index (χ3v) is 7.47. The van der Waals surface area contributed by atoms with Crippen molar-refractivity contribution in [1.29, 1.82) is 0 Å². The highest BCUT2D eigenvalue weighted by atomic mass is 32.1. The molecule has 42 heavy (non-hydrogen) atoms. The Labute approximate surface area is 244 Å². The normalized spacial score (nSPS) is 14.4. The lowest BCUT2D eigenvalue weighted by Crippen LogP contribution is -2.39. The molecule has 10 nitrogen and oxygen atoms in total. The van der Waals surface area contributed by atoms with E-state index in [9.17, 15) is 14.4 Å². The van der Waals surface area contributed by atoms with Gasteiger partial charge in [-0.1, -0.05) is 29.5 Å². The van der Waals surface area contributed by atoms with Gasteiger partial charge in [0.25, 0.3) is 5.56 Å². The SMILES string of the molecule is CCOc1ccc([C@H]2C(C(=O)OC)=CN=c3s/c(=C/c4ccc(-c5cccc(C(=O)OC)c5)o4)c(=O)n32)cc1OCC. The minimum absolute atomic E-state index is 0.203. The second-order valence-corrected chi connectivity index (χ2v) is 10.0. The van der Waals surface area contributed by atoms with Gasteiger partial charge in [0, 0.05) is 17.8 Å². The Balaban J connectivity index is 1.58. The van der Waals surface area contributed by atoms with Gasteiger partial charge >= 0.3 is 11.9 Å². The van der Waals surface area contributed by atoms with E-state index in [1.165, 1.54) is 36.3 Å². The Hall–Kier alpha value is -4.90. The number of fused-ring (bicyclic) bond motifs is 1. The highest BCUT2D eigenvalue weighted by Gasteiger charge is 2.31. The number of carbonyl (C=O) groups excluding carboxylic acids is 2. The van der Waals surface area contributed by atoms with E-state index in [0.29, 0.717) is 62.3 Å². The molecule has 0 saturated carbocycles. The van der Waals surface area contributed by atoms with Gasteiger partial charge in [-0.3, -0.25) is 9.36 Å². The van der Waals surface area contributed by atoms with Crippen molar-refractivity contribution in [2.75, 3.05) is 27.4 Å². The van der Waals surface area contributed by atoms with Crippen LogP contribution in [0.4, 0.5) is 0 Å². The Morgan fingerprint density at radius 1 is 0.976 bits per heavy atom. The van der Waals surface area contributed by atoms with Gasteiger partial charge in [-0.2, -0.15) is 0 Å². The summed E-state index contributed by atoms with van der Waals surface area (Å²) in [7, 11) is 2.60. The highest BCUT2D eigenvalue weighted by Crippen LogP contribution is 2.35. The van der Waals surface area contributed by atoms with E-state index in [1.54, 1.807) is 54.6 Å². The molecule has 0 radical (unpaired) electrons. The van der Waals surface area contributed by atoms with E-state index in [4.69, 9.17) is 23.4 Å². The van der Waals surface area contributed by atoms with Crippen LogP contribution < -0.4 is 24.4 Å². The molecule has 4 aromatic rings. The van der Waals surface area contributed by atoms with E-state index in [2.05, 4.69) is 4.99 Å². The summed E-state index contributed by atoms with van der Waals surface area (Å²) in [5, 5.41) is 0. The van der Waals surface area contributed by atoms with Crippen molar-refractivity contribution in [1.82, 2.24) is 4.57 Å². The van der Waals surface area contributed by atoms with E-state index >= 15 is 0 Å². The average Bonchev–Trinajstić information content (AvgIpc) is 3.61. The molecule has 11 heteroatoms. The van der Waals surface area contributed by atoms with Crippen LogP contribution >= 0.6 is 11.3 Å². The quantitative estimate of drug-likeness (QED) is 0.271. The Morgan fingerprint density at radius 3 is 2.48 bits per heavy atom. The monoisotopic (exact) mass is 588 g/mol. The van der Waals surface area contributed by atoms with Crippen LogP contribution in [0.5, 0.6) is 11.5 Å². The zero-order chi connectivity index (χ0) is 29.8. The number of hydrogen-bond donors (Lipinski definition) is 0. The van der Waals surface area contributed by atoms with E-state index in [1.807, 2.05) is 19.9 Å². The first-order chi connectivity index (χ1) is 20.4. The van der Waals surface area contributed by atoms with Crippen molar-refractivity contribution in [2.24, 2.45) is 4.99 Å². The molecule has 0 unspecified atom stereocenters. The zero-order valence-corrected chi connectivity index (χ0v) is 24.2. The van der Waals surface area contributed by atoms with Crippen LogP contribution in [-0.4, -0.2) is 43.9 Å². The fraction of sp³-hybridized carbons (Fsp3) is 0.226. The molecule has 2 aromatic heterocycles. The second kappa shape index (κ2) is 12.3. The van der Waals surface area contributed by atoms with Gasteiger partial charge in [0.15, 0.2) is 16.3 Å². The molecule has 0 spiro atoms. The number of esters is 2. The van der Waals surface area contributed by atoms with Gasteiger partial charge in [0.1, 0.15) is 11.5 Å². The topological polar surface area (TPSA) is 119 Å². The smallest absolute Gasteiger partial charge is 0.337 e. The van der Waals surface area contributed by atoms with Gasteiger partial charge in [-0.25, -0.2) is 14.6 Å². The number of hydrogen-bond acceptors (Lipinski definition) is 10. The summed E-state index contributed by atoms with van der Waals surface area (Å²) in [4.78, 5) is 43.4. The molecule has 216 valence electrons. The maximum atomic E-state index is 13.8. The second-order valence-electron chi connectivity index (χ2n) is 9.02. The molecule has 3 heterocycles. The molecule has 1 atom stereocenters. The molecule has 0 N–H and O–H groups in total. The van der Waals surface area contributed by atoms with Crippen LogP contribution in [-0.2, 0) is 14.3 Å². The number of ether oxygens (including phenoxy) is 4. The van der Waals surface area contributed by atoms with Crippen LogP contribution in [0, 0.1) is 0 Å². The zero-order valence-electron chi connectivity index (χ0n) is 23.4. The summed E-state index contributed by atoms with van der Waals surface area (Å²) < 4.78 is 29.2. The standard InChI is InChI=1S/C31H28N2O8S/c1-5-39-24-12-10-19(15-25(24)40-6-2)27-22(30(36)38-4)17-32-31-33(27)28(34)26(42-31)16-21-11-13-23(41-21)18-8-7-9-20(14-18)29(35)37-3/h7-17,27H,5-6H2,1-4H3/b26-16+/t27-/m0/s1. The van der Waals surface area contributed by atoms with Gasteiger partial charge < -0.3 is 23.4 Å². The number of benzene rings is 2. The number of aromatic nitrogens is 1. The van der Waals surface area contributed by atoms with Gasteiger partial charge in [0.2, 0.25) is 0 Å². The highest BCUT2D eigenvalue weighted by molar-refractivity contribution is 7.07. The number of nitrogens with zero attached hydrogens (tertiary/aromatic N) is 2. The van der Waals surface area contributed by atoms with Crippen molar-refractivity contribution in [3.05, 3.63) is 103 Å².